The Morgan fingerprint density at radius 2 is 2.00 bits per heavy atom. The molecule has 2 aliphatic rings. The first kappa shape index (κ1) is 16.6. The molecule has 0 bridgehead atoms. The highest BCUT2D eigenvalue weighted by Gasteiger charge is 2.39. The summed E-state index contributed by atoms with van der Waals surface area (Å²) in [6.45, 7) is 0.681. The molecule has 0 saturated heterocycles. The number of hydrogen-bond acceptors (Lipinski definition) is 4. The van der Waals surface area contributed by atoms with E-state index in [2.05, 4.69) is 6.07 Å². The number of carboxylic acids is 1. The predicted octanol–water partition coefficient (Wildman–Crippen LogP) is 3.52. The second-order valence-electron chi connectivity index (χ2n) is 6.93. The highest BCUT2D eigenvalue weighted by molar-refractivity contribution is 5.70. The normalized spacial score (nSPS) is 26.4. The molecule has 0 aromatic heterocycles. The molecule has 0 spiro atoms. The molecule has 0 heterocycles. The van der Waals surface area contributed by atoms with Gasteiger partial charge in [-0.3, -0.25) is 4.79 Å². The van der Waals surface area contributed by atoms with Gasteiger partial charge in [-0.2, -0.15) is 5.26 Å². The smallest absolute Gasteiger partial charge is 0.306 e. The first-order chi connectivity index (χ1) is 11.6. The van der Waals surface area contributed by atoms with Crippen LogP contribution in [0.1, 0.15) is 44.1 Å². The molecule has 5 nitrogen and oxygen atoms in total. The summed E-state index contributed by atoms with van der Waals surface area (Å²) in [5.74, 6) is 0.887. The Morgan fingerprint density at radius 3 is 2.54 bits per heavy atom. The van der Waals surface area contributed by atoms with Gasteiger partial charge in [0, 0.05) is 0 Å². The molecule has 128 valence electrons. The van der Waals surface area contributed by atoms with E-state index in [0.717, 1.165) is 5.56 Å². The number of carboxylic acid groups (broad SMARTS) is 1. The van der Waals surface area contributed by atoms with Crippen LogP contribution in [0.3, 0.4) is 0 Å². The molecule has 2 fully saturated rings. The second-order valence-corrected chi connectivity index (χ2v) is 6.93. The van der Waals surface area contributed by atoms with Crippen LogP contribution in [0.2, 0.25) is 0 Å². The van der Waals surface area contributed by atoms with Crippen molar-refractivity contribution in [2.45, 2.75) is 43.9 Å². The van der Waals surface area contributed by atoms with E-state index in [-0.39, 0.29) is 5.92 Å². The third-order valence-corrected chi connectivity index (χ3v) is 5.29. The van der Waals surface area contributed by atoms with E-state index in [4.69, 9.17) is 9.47 Å². The summed E-state index contributed by atoms with van der Waals surface area (Å²) in [5.41, 5.74) is 0.274. The minimum atomic E-state index is -0.760. The molecule has 0 aliphatic heterocycles. The largest absolute Gasteiger partial charge is 0.493 e. The maximum Gasteiger partial charge on any atom is 0.306 e. The topological polar surface area (TPSA) is 79.5 Å². The van der Waals surface area contributed by atoms with E-state index in [1.165, 1.54) is 12.8 Å². The lowest BCUT2D eigenvalue weighted by Crippen LogP contribution is -2.32. The van der Waals surface area contributed by atoms with Crippen LogP contribution in [-0.2, 0) is 10.2 Å². The quantitative estimate of drug-likeness (QED) is 0.864. The third kappa shape index (κ3) is 3.33. The molecular formula is C19H23NO4. The molecular weight excluding hydrogens is 306 g/mol. The zero-order valence-electron chi connectivity index (χ0n) is 14.0. The minimum Gasteiger partial charge on any atom is -0.493 e. The molecule has 0 atom stereocenters. The number of rotatable bonds is 6. The van der Waals surface area contributed by atoms with Crippen LogP contribution in [0.15, 0.2) is 18.2 Å². The Balaban J connectivity index is 1.82. The molecule has 5 heteroatoms. The molecule has 3 rings (SSSR count). The van der Waals surface area contributed by atoms with Crippen molar-refractivity contribution in [3.8, 4) is 17.6 Å². The van der Waals surface area contributed by atoms with Crippen molar-refractivity contribution in [1.29, 1.82) is 5.26 Å². The van der Waals surface area contributed by atoms with Gasteiger partial charge in [-0.15, -0.1) is 0 Å². The first-order valence-corrected chi connectivity index (χ1v) is 8.53. The van der Waals surface area contributed by atoms with Gasteiger partial charge in [0.2, 0.25) is 0 Å². The number of ether oxygens (including phenoxy) is 2. The Labute approximate surface area is 142 Å². The van der Waals surface area contributed by atoms with Gasteiger partial charge in [0.25, 0.3) is 0 Å². The number of nitriles is 1. The second kappa shape index (κ2) is 6.72. The van der Waals surface area contributed by atoms with Gasteiger partial charge in [-0.05, 0) is 62.1 Å². The average Bonchev–Trinajstić information content (AvgIpc) is 3.44. The van der Waals surface area contributed by atoms with E-state index in [1.54, 1.807) is 7.11 Å². The molecule has 1 aromatic carbocycles. The Kier molecular flexibility index (Phi) is 4.66. The Bertz CT molecular complexity index is 652. The zero-order chi connectivity index (χ0) is 17.2. The van der Waals surface area contributed by atoms with Gasteiger partial charge < -0.3 is 14.6 Å². The van der Waals surface area contributed by atoms with E-state index >= 15 is 0 Å². The standard InChI is InChI=1S/C19H23NO4/c1-23-16-5-4-15(10-17(16)24-11-13-2-3-13)19(12-20)8-6-14(7-9-19)18(21)22/h4-5,10,13-14H,2-3,6-9,11H2,1H3,(H,21,22). The fraction of sp³-hybridized carbons (Fsp3) is 0.579. The van der Waals surface area contributed by atoms with Gasteiger partial charge >= 0.3 is 5.97 Å². The van der Waals surface area contributed by atoms with Gasteiger partial charge in [0.15, 0.2) is 11.5 Å². The maximum absolute atomic E-state index is 11.2. The number of carbonyl (C=O) groups is 1. The molecule has 24 heavy (non-hydrogen) atoms. The fourth-order valence-corrected chi connectivity index (χ4v) is 3.40. The van der Waals surface area contributed by atoms with Crippen molar-refractivity contribution in [1.82, 2.24) is 0 Å². The van der Waals surface area contributed by atoms with E-state index < -0.39 is 11.4 Å². The van der Waals surface area contributed by atoms with Gasteiger partial charge in [-0.1, -0.05) is 6.07 Å². The average molecular weight is 329 g/mol. The molecule has 1 aromatic rings. The van der Waals surface area contributed by atoms with Crippen molar-refractivity contribution in [3.05, 3.63) is 23.8 Å². The van der Waals surface area contributed by atoms with Crippen LogP contribution in [-0.4, -0.2) is 24.8 Å². The predicted molar refractivity (Wildman–Crippen MR) is 88.1 cm³/mol. The lowest BCUT2D eigenvalue weighted by Gasteiger charge is -2.34. The summed E-state index contributed by atoms with van der Waals surface area (Å²) in [5, 5.41) is 19.0. The van der Waals surface area contributed by atoms with Crippen LogP contribution >= 0.6 is 0 Å². The van der Waals surface area contributed by atoms with Crippen LogP contribution in [0, 0.1) is 23.2 Å². The molecule has 0 amide bonds. The van der Waals surface area contributed by atoms with Gasteiger partial charge in [0.1, 0.15) is 0 Å². The van der Waals surface area contributed by atoms with E-state index in [9.17, 15) is 15.2 Å². The maximum atomic E-state index is 11.2. The third-order valence-electron chi connectivity index (χ3n) is 5.29. The first-order valence-electron chi connectivity index (χ1n) is 8.53. The molecule has 1 N–H and O–H groups in total. The zero-order valence-corrected chi connectivity index (χ0v) is 14.0. The number of aliphatic carboxylic acids is 1. The number of methoxy groups -OCH3 is 1. The number of hydrogen-bond donors (Lipinski definition) is 1. The minimum absolute atomic E-state index is 0.338. The van der Waals surface area contributed by atoms with Crippen molar-refractivity contribution >= 4 is 5.97 Å². The van der Waals surface area contributed by atoms with Gasteiger partial charge in [0.05, 0.1) is 31.1 Å². The SMILES string of the molecule is COc1ccc(C2(C#N)CCC(C(=O)O)CC2)cc1OCC1CC1. The Hall–Kier alpha value is -2.22. The summed E-state index contributed by atoms with van der Waals surface area (Å²) < 4.78 is 11.3. The van der Waals surface area contributed by atoms with E-state index in [1.807, 2.05) is 18.2 Å². The van der Waals surface area contributed by atoms with Crippen LogP contribution < -0.4 is 9.47 Å². The van der Waals surface area contributed by atoms with Crippen LogP contribution in [0.4, 0.5) is 0 Å². The van der Waals surface area contributed by atoms with E-state index in [0.29, 0.717) is 49.7 Å². The lowest BCUT2D eigenvalue weighted by atomic mass is 9.67. The molecule has 2 aliphatic carbocycles. The monoisotopic (exact) mass is 329 g/mol. The fourth-order valence-electron chi connectivity index (χ4n) is 3.40. The van der Waals surface area contributed by atoms with Crippen molar-refractivity contribution in [2.75, 3.05) is 13.7 Å². The van der Waals surface area contributed by atoms with Crippen molar-refractivity contribution in [2.24, 2.45) is 11.8 Å². The highest BCUT2D eigenvalue weighted by atomic mass is 16.5. The summed E-state index contributed by atoms with van der Waals surface area (Å²) >= 11 is 0. The van der Waals surface area contributed by atoms with Crippen LogP contribution in [0.25, 0.3) is 0 Å². The summed E-state index contributed by atoms with van der Waals surface area (Å²) in [4.78, 5) is 11.2. The lowest BCUT2D eigenvalue weighted by molar-refractivity contribution is -0.143. The van der Waals surface area contributed by atoms with Gasteiger partial charge in [-0.25, -0.2) is 0 Å². The Morgan fingerprint density at radius 1 is 1.29 bits per heavy atom. The highest BCUT2D eigenvalue weighted by Crippen LogP contribution is 2.44. The number of benzene rings is 1. The summed E-state index contributed by atoms with van der Waals surface area (Å²) in [6.07, 6.45) is 4.62. The number of nitrogens with zero attached hydrogens (tertiary/aromatic N) is 1. The molecule has 0 radical (unpaired) electrons. The summed E-state index contributed by atoms with van der Waals surface area (Å²) in [6, 6.07) is 8.11. The summed E-state index contributed by atoms with van der Waals surface area (Å²) in [7, 11) is 1.61. The molecule has 0 unspecified atom stereocenters. The van der Waals surface area contributed by atoms with Crippen molar-refractivity contribution < 1.29 is 19.4 Å². The van der Waals surface area contributed by atoms with Crippen LogP contribution in [0.5, 0.6) is 11.5 Å². The van der Waals surface area contributed by atoms with Crippen molar-refractivity contribution in [3.63, 3.8) is 0 Å². The molecule has 2 saturated carbocycles.